The van der Waals surface area contributed by atoms with Crippen molar-refractivity contribution in [3.8, 4) is 5.88 Å². The van der Waals surface area contributed by atoms with E-state index >= 15 is 0 Å². The predicted octanol–water partition coefficient (Wildman–Crippen LogP) is 6.97. The van der Waals surface area contributed by atoms with E-state index in [4.69, 9.17) is 9.72 Å². The van der Waals surface area contributed by atoms with Gasteiger partial charge in [0.15, 0.2) is 5.65 Å². The number of hydrogen-bond acceptors (Lipinski definition) is 6. The molecule has 1 N–H and O–H groups in total. The minimum absolute atomic E-state index is 0.143. The maximum atomic E-state index is 14.9. The second-order valence-corrected chi connectivity index (χ2v) is 10.0. The van der Waals surface area contributed by atoms with E-state index in [1.807, 2.05) is 12.1 Å². The van der Waals surface area contributed by atoms with Gasteiger partial charge in [-0.3, -0.25) is 4.90 Å². The first-order valence-corrected chi connectivity index (χ1v) is 13.2. The van der Waals surface area contributed by atoms with Crippen LogP contribution in [0.5, 0.6) is 5.88 Å². The smallest absolute Gasteiger partial charge is 0.266 e. The molecule has 1 atom stereocenters. The van der Waals surface area contributed by atoms with Crippen molar-refractivity contribution in [1.29, 1.82) is 0 Å². The molecule has 0 aliphatic carbocycles. The van der Waals surface area contributed by atoms with E-state index in [0.717, 1.165) is 44.1 Å². The van der Waals surface area contributed by atoms with Gasteiger partial charge in [-0.05, 0) is 57.3 Å². The van der Waals surface area contributed by atoms with Gasteiger partial charge in [0.1, 0.15) is 17.5 Å². The molecule has 5 rings (SSSR count). The first-order chi connectivity index (χ1) is 18.8. The van der Waals surface area contributed by atoms with Crippen molar-refractivity contribution in [2.45, 2.75) is 51.6 Å². The van der Waals surface area contributed by atoms with Gasteiger partial charge in [-0.1, -0.05) is 48.5 Å². The summed E-state index contributed by atoms with van der Waals surface area (Å²) in [5.74, 6) is 0.832. The Hall–Kier alpha value is -3.72. The van der Waals surface area contributed by atoms with Crippen LogP contribution in [0.15, 0.2) is 54.6 Å². The normalized spacial score (nSPS) is 15.6. The summed E-state index contributed by atoms with van der Waals surface area (Å²) in [4.78, 5) is 16.2. The van der Waals surface area contributed by atoms with Gasteiger partial charge >= 0.3 is 0 Å². The van der Waals surface area contributed by atoms with Crippen LogP contribution in [-0.2, 0) is 6.54 Å². The molecule has 4 aromatic rings. The molecule has 9 heteroatoms. The fraction of sp³-hybridized carbons (Fsp3) is 0.367. The van der Waals surface area contributed by atoms with Gasteiger partial charge in [0, 0.05) is 17.7 Å². The summed E-state index contributed by atoms with van der Waals surface area (Å²) in [6.45, 7) is 6.29. The molecule has 1 aliphatic heterocycles. The zero-order valence-corrected chi connectivity index (χ0v) is 22.3. The van der Waals surface area contributed by atoms with Gasteiger partial charge in [-0.25, -0.2) is 23.1 Å². The highest BCUT2D eigenvalue weighted by molar-refractivity contribution is 5.88. The van der Waals surface area contributed by atoms with Crippen molar-refractivity contribution in [2.75, 3.05) is 25.5 Å². The van der Waals surface area contributed by atoms with Crippen LogP contribution in [0.2, 0.25) is 0 Å². The highest BCUT2D eigenvalue weighted by Crippen LogP contribution is 2.37. The third-order valence-electron chi connectivity index (χ3n) is 7.37. The minimum atomic E-state index is -2.89. The van der Waals surface area contributed by atoms with Crippen molar-refractivity contribution in [1.82, 2.24) is 19.9 Å². The van der Waals surface area contributed by atoms with Crippen LogP contribution in [-0.4, -0.2) is 40.1 Å². The number of ether oxygens (including phenoxy) is 1. The molecule has 3 heterocycles. The number of methoxy groups -OCH3 is 1. The van der Waals surface area contributed by atoms with Crippen LogP contribution in [0.3, 0.4) is 0 Å². The van der Waals surface area contributed by atoms with E-state index in [1.165, 1.54) is 17.7 Å². The molecule has 204 valence electrons. The Morgan fingerprint density at radius 3 is 2.41 bits per heavy atom. The molecule has 1 fully saturated rings. The Kier molecular flexibility index (Phi) is 7.97. The Morgan fingerprint density at radius 1 is 1.00 bits per heavy atom. The van der Waals surface area contributed by atoms with Crippen LogP contribution in [0.25, 0.3) is 11.0 Å². The molecule has 2 aromatic carbocycles. The van der Waals surface area contributed by atoms with E-state index in [0.29, 0.717) is 28.6 Å². The highest BCUT2D eigenvalue weighted by atomic mass is 19.3. The summed E-state index contributed by atoms with van der Waals surface area (Å²) in [6, 6.07) is 15.9. The molecule has 0 amide bonds. The summed E-state index contributed by atoms with van der Waals surface area (Å²) < 4.78 is 47.1. The van der Waals surface area contributed by atoms with E-state index in [9.17, 15) is 13.2 Å². The third kappa shape index (κ3) is 5.83. The van der Waals surface area contributed by atoms with Crippen LogP contribution in [0.4, 0.5) is 19.0 Å². The zero-order chi connectivity index (χ0) is 27.5. The molecular weight excluding hydrogens is 503 g/mol. The number of piperidine rings is 1. The summed E-state index contributed by atoms with van der Waals surface area (Å²) in [5.41, 5.74) is 2.27. The Labute approximate surface area is 226 Å². The van der Waals surface area contributed by atoms with E-state index in [1.54, 1.807) is 21.0 Å². The van der Waals surface area contributed by atoms with Crippen molar-refractivity contribution in [3.63, 3.8) is 0 Å². The predicted molar refractivity (Wildman–Crippen MR) is 146 cm³/mol. The number of aromatic nitrogens is 3. The molecule has 1 saturated heterocycles. The monoisotopic (exact) mass is 535 g/mol. The molecule has 0 spiro atoms. The maximum absolute atomic E-state index is 14.9. The average molecular weight is 536 g/mol. The number of hydrogen-bond donors (Lipinski definition) is 1. The Morgan fingerprint density at radius 2 is 1.72 bits per heavy atom. The second kappa shape index (κ2) is 11.6. The van der Waals surface area contributed by atoms with Gasteiger partial charge in [0.2, 0.25) is 5.88 Å². The van der Waals surface area contributed by atoms with Crippen molar-refractivity contribution in [3.05, 3.63) is 88.5 Å². The lowest BCUT2D eigenvalue weighted by Gasteiger charge is -2.32. The van der Waals surface area contributed by atoms with Gasteiger partial charge in [0.05, 0.1) is 24.1 Å². The SMILES string of the molecule is COc1nc2nc(C)nc(N[C@H](C)c3cccc(C(F)F)c3F)c2cc1C1CCN(Cc2ccccc2)CC1. The topological polar surface area (TPSA) is 63.2 Å². The second-order valence-electron chi connectivity index (χ2n) is 10.0. The standard InChI is InChI=1S/C30H32F3N5O/c1-18(22-10-7-11-23(26(22)31)27(32)33)34-28-25-16-24(30(39-3)37-29(25)36-19(2)35-28)21-12-14-38(15-13-21)17-20-8-5-4-6-9-20/h4-11,16,18,21,27H,12-15,17H2,1-3H3,(H,34,35,36,37)/t18-/m1/s1. The lowest BCUT2D eigenvalue weighted by molar-refractivity contribution is 0.146. The Bertz CT molecular complexity index is 1440. The first-order valence-electron chi connectivity index (χ1n) is 13.2. The molecule has 0 radical (unpaired) electrons. The molecule has 39 heavy (non-hydrogen) atoms. The first kappa shape index (κ1) is 26.9. The van der Waals surface area contributed by atoms with Gasteiger partial charge in [-0.2, -0.15) is 4.98 Å². The van der Waals surface area contributed by atoms with E-state index < -0.39 is 23.8 Å². The fourth-order valence-electron chi connectivity index (χ4n) is 5.33. The van der Waals surface area contributed by atoms with Crippen LogP contribution < -0.4 is 10.1 Å². The van der Waals surface area contributed by atoms with Gasteiger partial charge in [0.25, 0.3) is 6.43 Å². The lowest BCUT2D eigenvalue weighted by atomic mass is 9.89. The van der Waals surface area contributed by atoms with Gasteiger partial charge < -0.3 is 10.1 Å². The van der Waals surface area contributed by atoms with Crippen molar-refractivity contribution in [2.24, 2.45) is 0 Å². The molecular formula is C30H32F3N5O. The third-order valence-corrected chi connectivity index (χ3v) is 7.37. The summed E-state index contributed by atoms with van der Waals surface area (Å²) in [7, 11) is 1.61. The maximum Gasteiger partial charge on any atom is 0.266 e. The van der Waals surface area contributed by atoms with Crippen molar-refractivity contribution < 1.29 is 17.9 Å². The summed E-state index contributed by atoms with van der Waals surface area (Å²) >= 11 is 0. The highest BCUT2D eigenvalue weighted by Gasteiger charge is 2.26. The number of alkyl halides is 2. The van der Waals surface area contributed by atoms with E-state index in [-0.39, 0.29) is 11.5 Å². The van der Waals surface area contributed by atoms with Crippen LogP contribution in [0, 0.1) is 12.7 Å². The number of fused-ring (bicyclic) bond motifs is 1. The molecule has 0 unspecified atom stereocenters. The number of pyridine rings is 1. The number of benzene rings is 2. The number of halogens is 3. The number of aryl methyl sites for hydroxylation is 1. The average Bonchev–Trinajstić information content (AvgIpc) is 2.93. The molecule has 2 aromatic heterocycles. The van der Waals surface area contributed by atoms with Gasteiger partial charge in [-0.15, -0.1) is 0 Å². The number of likely N-dealkylation sites (tertiary alicyclic amines) is 1. The Balaban J connectivity index is 1.42. The quantitative estimate of drug-likeness (QED) is 0.263. The summed E-state index contributed by atoms with van der Waals surface area (Å²) in [6.07, 6.45) is -0.987. The number of nitrogens with zero attached hydrogens (tertiary/aromatic N) is 4. The van der Waals surface area contributed by atoms with Crippen molar-refractivity contribution >= 4 is 16.9 Å². The molecule has 0 bridgehead atoms. The minimum Gasteiger partial charge on any atom is -0.481 e. The summed E-state index contributed by atoms with van der Waals surface area (Å²) in [5, 5.41) is 3.91. The fourth-order valence-corrected chi connectivity index (χ4v) is 5.33. The number of rotatable bonds is 8. The largest absolute Gasteiger partial charge is 0.481 e. The molecule has 0 saturated carbocycles. The zero-order valence-electron chi connectivity index (χ0n) is 22.3. The van der Waals surface area contributed by atoms with E-state index in [2.05, 4.69) is 44.5 Å². The van der Waals surface area contributed by atoms with Crippen LogP contribution in [0.1, 0.15) is 66.2 Å². The number of anilines is 1. The molecule has 1 aliphatic rings. The lowest BCUT2D eigenvalue weighted by Crippen LogP contribution is -2.32. The molecule has 6 nitrogen and oxygen atoms in total. The number of nitrogens with one attached hydrogen (secondary N) is 1. The van der Waals surface area contributed by atoms with Crippen LogP contribution >= 0.6 is 0 Å².